The standard InChI is InChI=1S/C12H7Br2ClOS/c13-8-3-4-17-12(8)6-11(16)7-1-2-10(15)9(14)5-7/h1-5H,6H2. The van der Waals surface area contributed by atoms with Gasteiger partial charge in [-0.1, -0.05) is 11.6 Å². The van der Waals surface area contributed by atoms with E-state index in [1.165, 1.54) is 0 Å². The zero-order valence-corrected chi connectivity index (χ0v) is 13.3. The molecule has 0 fully saturated rings. The molecule has 0 aliphatic heterocycles. The highest BCUT2D eigenvalue weighted by atomic mass is 79.9. The third kappa shape index (κ3) is 3.19. The molecule has 1 nitrogen and oxygen atoms in total. The molecule has 0 amide bonds. The molecule has 0 atom stereocenters. The number of halogens is 3. The second-order valence-corrected chi connectivity index (χ2v) is 6.54. The van der Waals surface area contributed by atoms with Gasteiger partial charge in [-0.05, 0) is 61.5 Å². The van der Waals surface area contributed by atoms with Gasteiger partial charge < -0.3 is 0 Å². The molecule has 5 heteroatoms. The Morgan fingerprint density at radius 2 is 2.00 bits per heavy atom. The quantitative estimate of drug-likeness (QED) is 0.641. The van der Waals surface area contributed by atoms with Gasteiger partial charge in [0, 0.05) is 25.8 Å². The number of carbonyl (C=O) groups is 1. The highest BCUT2D eigenvalue weighted by Crippen LogP contribution is 2.26. The second-order valence-electron chi connectivity index (χ2n) is 3.42. The van der Waals surface area contributed by atoms with E-state index in [-0.39, 0.29) is 5.78 Å². The Morgan fingerprint density at radius 1 is 1.24 bits per heavy atom. The van der Waals surface area contributed by atoms with Crippen LogP contribution in [-0.2, 0) is 6.42 Å². The first-order chi connectivity index (χ1) is 8.08. The third-order valence-electron chi connectivity index (χ3n) is 2.25. The summed E-state index contributed by atoms with van der Waals surface area (Å²) in [6, 6.07) is 7.18. The topological polar surface area (TPSA) is 17.1 Å². The lowest BCUT2D eigenvalue weighted by Crippen LogP contribution is -2.02. The average Bonchev–Trinajstić information content (AvgIpc) is 2.68. The number of rotatable bonds is 3. The van der Waals surface area contributed by atoms with Gasteiger partial charge in [0.2, 0.25) is 0 Å². The van der Waals surface area contributed by atoms with Gasteiger partial charge in [-0.2, -0.15) is 0 Å². The zero-order chi connectivity index (χ0) is 12.4. The van der Waals surface area contributed by atoms with E-state index < -0.39 is 0 Å². The minimum absolute atomic E-state index is 0.0884. The Balaban J connectivity index is 2.20. The van der Waals surface area contributed by atoms with Gasteiger partial charge in [-0.25, -0.2) is 0 Å². The molecule has 0 aliphatic rings. The molecule has 0 aliphatic carbocycles. The van der Waals surface area contributed by atoms with E-state index in [4.69, 9.17) is 11.6 Å². The summed E-state index contributed by atoms with van der Waals surface area (Å²) in [6.07, 6.45) is 0.409. The normalized spacial score (nSPS) is 10.5. The molecule has 0 saturated carbocycles. The number of benzene rings is 1. The van der Waals surface area contributed by atoms with Gasteiger partial charge in [0.25, 0.3) is 0 Å². The number of thiophene rings is 1. The minimum Gasteiger partial charge on any atom is -0.294 e. The summed E-state index contributed by atoms with van der Waals surface area (Å²) in [5, 5.41) is 2.57. The van der Waals surface area contributed by atoms with E-state index in [2.05, 4.69) is 31.9 Å². The van der Waals surface area contributed by atoms with Crippen molar-refractivity contribution < 1.29 is 4.79 Å². The summed E-state index contributed by atoms with van der Waals surface area (Å²) < 4.78 is 1.74. The lowest BCUT2D eigenvalue weighted by atomic mass is 10.1. The summed E-state index contributed by atoms with van der Waals surface area (Å²) in [5.41, 5.74) is 0.668. The predicted molar refractivity (Wildman–Crippen MR) is 79.2 cm³/mol. The first-order valence-corrected chi connectivity index (χ1v) is 7.62. The first kappa shape index (κ1) is 13.3. The van der Waals surface area contributed by atoms with Gasteiger partial charge in [0.15, 0.2) is 5.78 Å². The maximum atomic E-state index is 12.0. The van der Waals surface area contributed by atoms with Gasteiger partial charge >= 0.3 is 0 Å². The maximum absolute atomic E-state index is 12.0. The Kier molecular flexibility index (Phi) is 4.42. The number of hydrogen-bond acceptors (Lipinski definition) is 2. The monoisotopic (exact) mass is 392 g/mol. The van der Waals surface area contributed by atoms with Crippen molar-refractivity contribution in [1.29, 1.82) is 0 Å². The molecule has 1 aromatic carbocycles. The third-order valence-corrected chi connectivity index (χ3v) is 5.39. The lowest BCUT2D eigenvalue weighted by molar-refractivity contribution is 0.0993. The van der Waals surface area contributed by atoms with Crippen LogP contribution in [-0.4, -0.2) is 5.78 Å². The highest BCUT2D eigenvalue weighted by molar-refractivity contribution is 9.10. The van der Waals surface area contributed by atoms with Crippen LogP contribution in [0.5, 0.6) is 0 Å². The molecule has 0 unspecified atom stereocenters. The van der Waals surface area contributed by atoms with Crippen molar-refractivity contribution in [1.82, 2.24) is 0 Å². The Hall–Kier alpha value is -0.160. The van der Waals surface area contributed by atoms with Crippen molar-refractivity contribution in [2.45, 2.75) is 6.42 Å². The van der Waals surface area contributed by atoms with E-state index in [1.807, 2.05) is 11.4 Å². The Bertz CT molecular complexity index is 565. The first-order valence-electron chi connectivity index (χ1n) is 4.78. The van der Waals surface area contributed by atoms with E-state index in [0.717, 1.165) is 13.8 Å². The van der Waals surface area contributed by atoms with E-state index in [1.54, 1.807) is 29.5 Å². The molecule has 2 rings (SSSR count). The Labute approximate surface area is 125 Å². The number of hydrogen-bond donors (Lipinski definition) is 0. The van der Waals surface area contributed by atoms with Gasteiger partial charge in [0.1, 0.15) is 0 Å². The van der Waals surface area contributed by atoms with Crippen LogP contribution in [0.4, 0.5) is 0 Å². The summed E-state index contributed by atoms with van der Waals surface area (Å²) >= 11 is 14.2. The fraction of sp³-hybridized carbons (Fsp3) is 0.0833. The van der Waals surface area contributed by atoms with E-state index in [9.17, 15) is 4.79 Å². The molecule has 0 N–H and O–H groups in total. The lowest BCUT2D eigenvalue weighted by Gasteiger charge is -2.02. The van der Waals surface area contributed by atoms with Crippen molar-refractivity contribution in [3.63, 3.8) is 0 Å². The smallest absolute Gasteiger partial charge is 0.168 e. The van der Waals surface area contributed by atoms with E-state index >= 15 is 0 Å². The largest absolute Gasteiger partial charge is 0.294 e. The van der Waals surface area contributed by atoms with E-state index in [0.29, 0.717) is 17.0 Å². The van der Waals surface area contributed by atoms with Crippen molar-refractivity contribution in [3.05, 3.63) is 54.1 Å². The van der Waals surface area contributed by atoms with Gasteiger partial charge in [-0.3, -0.25) is 4.79 Å². The molecule has 0 radical (unpaired) electrons. The molecule has 88 valence electrons. The molecule has 0 spiro atoms. The molecular weight excluding hydrogens is 387 g/mol. The van der Waals surface area contributed by atoms with Crippen LogP contribution in [0.25, 0.3) is 0 Å². The number of carbonyl (C=O) groups excluding carboxylic acids is 1. The molecule has 1 aromatic heterocycles. The summed E-state index contributed by atoms with van der Waals surface area (Å²) in [6.45, 7) is 0. The highest BCUT2D eigenvalue weighted by Gasteiger charge is 2.11. The fourth-order valence-corrected chi connectivity index (χ4v) is 3.36. The van der Waals surface area contributed by atoms with Crippen LogP contribution in [0.15, 0.2) is 38.6 Å². The molecule has 2 aromatic rings. The Morgan fingerprint density at radius 3 is 2.59 bits per heavy atom. The summed E-state index contributed by atoms with van der Waals surface area (Å²) in [7, 11) is 0. The zero-order valence-electron chi connectivity index (χ0n) is 8.54. The second kappa shape index (κ2) is 5.65. The summed E-state index contributed by atoms with van der Waals surface area (Å²) in [5.74, 6) is 0.0884. The van der Waals surface area contributed by atoms with Crippen LogP contribution in [0.3, 0.4) is 0 Å². The molecule has 1 heterocycles. The van der Waals surface area contributed by atoms with Crippen molar-refractivity contribution >= 4 is 60.6 Å². The van der Waals surface area contributed by atoms with Gasteiger partial charge in [-0.15, -0.1) is 11.3 Å². The summed E-state index contributed by atoms with van der Waals surface area (Å²) in [4.78, 5) is 13.1. The van der Waals surface area contributed by atoms with Crippen LogP contribution in [0, 0.1) is 0 Å². The van der Waals surface area contributed by atoms with Crippen molar-refractivity contribution in [3.8, 4) is 0 Å². The fourth-order valence-electron chi connectivity index (χ4n) is 1.37. The SMILES string of the molecule is O=C(Cc1sccc1Br)c1ccc(Cl)c(Br)c1. The van der Waals surface area contributed by atoms with Gasteiger partial charge in [0.05, 0.1) is 5.02 Å². The molecule has 17 heavy (non-hydrogen) atoms. The number of Topliss-reactive ketones (excluding diaryl/α,β-unsaturated/α-hetero) is 1. The van der Waals surface area contributed by atoms with Crippen molar-refractivity contribution in [2.75, 3.05) is 0 Å². The predicted octanol–water partition coefficient (Wildman–Crippen LogP) is 5.35. The van der Waals surface area contributed by atoms with Crippen LogP contribution in [0.1, 0.15) is 15.2 Å². The number of ketones is 1. The molecular formula is C12H7Br2ClOS. The maximum Gasteiger partial charge on any atom is 0.168 e. The molecule has 0 bridgehead atoms. The average molecular weight is 395 g/mol. The van der Waals surface area contributed by atoms with Crippen LogP contribution < -0.4 is 0 Å². The van der Waals surface area contributed by atoms with Crippen LogP contribution in [0.2, 0.25) is 5.02 Å². The van der Waals surface area contributed by atoms with Crippen LogP contribution >= 0.6 is 54.8 Å². The molecule has 0 saturated heterocycles. The van der Waals surface area contributed by atoms with Crippen molar-refractivity contribution in [2.24, 2.45) is 0 Å². The minimum atomic E-state index is 0.0884.